The molecule has 0 atom stereocenters. The van der Waals surface area contributed by atoms with Gasteiger partial charge in [0.2, 0.25) is 0 Å². The molecule has 0 saturated heterocycles. The van der Waals surface area contributed by atoms with Crippen LogP contribution in [0.5, 0.6) is 0 Å². The Kier molecular flexibility index (Phi) is 4.63. The van der Waals surface area contributed by atoms with Crippen LogP contribution in [0.4, 0.5) is 0 Å². The van der Waals surface area contributed by atoms with Crippen molar-refractivity contribution in [2.75, 3.05) is 6.54 Å². The van der Waals surface area contributed by atoms with Gasteiger partial charge in [-0.05, 0) is 23.6 Å². The molecule has 0 aliphatic rings. The molecule has 0 heterocycles. The molecule has 3 N–H and O–H groups in total. The molecule has 0 radical (unpaired) electrons. The van der Waals surface area contributed by atoms with Crippen LogP contribution in [0.1, 0.15) is 25.0 Å². The molecule has 78 valence electrons. The van der Waals surface area contributed by atoms with Gasteiger partial charge in [-0.25, -0.2) is 0 Å². The summed E-state index contributed by atoms with van der Waals surface area (Å²) in [5.74, 6) is 0.702. The molecule has 0 aliphatic carbocycles. The maximum Gasteiger partial charge on any atom is 0.0205 e. The van der Waals surface area contributed by atoms with Gasteiger partial charge in [-0.2, -0.15) is 0 Å². The van der Waals surface area contributed by atoms with E-state index in [0.29, 0.717) is 12.5 Å². The van der Waals surface area contributed by atoms with Gasteiger partial charge in [0.1, 0.15) is 0 Å². The first kappa shape index (κ1) is 11.2. The highest BCUT2D eigenvalue weighted by atomic mass is 14.8. The molecule has 1 aromatic carbocycles. The van der Waals surface area contributed by atoms with E-state index < -0.39 is 0 Å². The Morgan fingerprint density at radius 1 is 1.29 bits per heavy atom. The standard InChI is InChI=1S/C12H20N2/c1-10(2)8-14-9-12-5-3-4-11(6-12)7-13/h3-6,10,14H,7-9,13H2,1-2H3. The Bertz CT molecular complexity index is 269. The van der Waals surface area contributed by atoms with Crippen molar-refractivity contribution in [3.8, 4) is 0 Å². The second-order valence-electron chi connectivity index (χ2n) is 4.05. The lowest BCUT2D eigenvalue weighted by Gasteiger charge is -2.08. The van der Waals surface area contributed by atoms with E-state index in [2.05, 4.69) is 43.4 Å². The van der Waals surface area contributed by atoms with Crippen molar-refractivity contribution in [2.24, 2.45) is 11.7 Å². The molecule has 0 amide bonds. The number of benzene rings is 1. The van der Waals surface area contributed by atoms with Crippen LogP contribution in [-0.2, 0) is 13.1 Å². The zero-order valence-corrected chi connectivity index (χ0v) is 9.09. The second kappa shape index (κ2) is 5.78. The van der Waals surface area contributed by atoms with Crippen molar-refractivity contribution in [2.45, 2.75) is 26.9 Å². The summed E-state index contributed by atoms with van der Waals surface area (Å²) in [7, 11) is 0. The van der Waals surface area contributed by atoms with E-state index >= 15 is 0 Å². The van der Waals surface area contributed by atoms with E-state index in [0.717, 1.165) is 13.1 Å². The molecule has 0 bridgehead atoms. The quantitative estimate of drug-likeness (QED) is 0.747. The lowest BCUT2D eigenvalue weighted by atomic mass is 10.1. The van der Waals surface area contributed by atoms with Gasteiger partial charge in [0, 0.05) is 13.1 Å². The summed E-state index contributed by atoms with van der Waals surface area (Å²) in [6.45, 7) is 7.05. The highest BCUT2D eigenvalue weighted by Gasteiger charge is 1.96. The van der Waals surface area contributed by atoms with Crippen molar-refractivity contribution in [1.82, 2.24) is 5.32 Å². The van der Waals surface area contributed by atoms with Gasteiger partial charge in [-0.15, -0.1) is 0 Å². The molecule has 0 fully saturated rings. The number of nitrogens with two attached hydrogens (primary N) is 1. The van der Waals surface area contributed by atoms with Crippen molar-refractivity contribution in [1.29, 1.82) is 0 Å². The number of hydrogen-bond acceptors (Lipinski definition) is 2. The van der Waals surface area contributed by atoms with Gasteiger partial charge in [-0.1, -0.05) is 38.1 Å². The highest BCUT2D eigenvalue weighted by molar-refractivity contribution is 5.23. The van der Waals surface area contributed by atoms with E-state index in [9.17, 15) is 0 Å². The van der Waals surface area contributed by atoms with Crippen LogP contribution in [0.3, 0.4) is 0 Å². The first-order valence-electron chi connectivity index (χ1n) is 5.21. The van der Waals surface area contributed by atoms with E-state index in [4.69, 9.17) is 5.73 Å². The van der Waals surface area contributed by atoms with Crippen molar-refractivity contribution < 1.29 is 0 Å². The Morgan fingerprint density at radius 3 is 2.64 bits per heavy atom. The van der Waals surface area contributed by atoms with Crippen LogP contribution >= 0.6 is 0 Å². The normalized spacial score (nSPS) is 10.9. The molecule has 0 unspecified atom stereocenters. The summed E-state index contributed by atoms with van der Waals surface area (Å²) in [6, 6.07) is 8.42. The summed E-state index contributed by atoms with van der Waals surface area (Å²) in [4.78, 5) is 0. The van der Waals surface area contributed by atoms with Gasteiger partial charge in [0.15, 0.2) is 0 Å². The van der Waals surface area contributed by atoms with Gasteiger partial charge in [-0.3, -0.25) is 0 Å². The average Bonchev–Trinajstić information content (AvgIpc) is 2.18. The van der Waals surface area contributed by atoms with Crippen LogP contribution in [0.25, 0.3) is 0 Å². The third-order valence-corrected chi connectivity index (χ3v) is 2.11. The van der Waals surface area contributed by atoms with E-state index in [1.165, 1.54) is 11.1 Å². The molecule has 0 spiro atoms. The van der Waals surface area contributed by atoms with Crippen LogP contribution in [0.15, 0.2) is 24.3 Å². The fourth-order valence-corrected chi connectivity index (χ4v) is 1.37. The molecule has 0 aromatic heterocycles. The van der Waals surface area contributed by atoms with Crippen molar-refractivity contribution in [3.05, 3.63) is 35.4 Å². The summed E-state index contributed by atoms with van der Waals surface area (Å²) in [5, 5.41) is 3.41. The summed E-state index contributed by atoms with van der Waals surface area (Å²) < 4.78 is 0. The molecule has 1 rings (SSSR count). The lowest BCUT2D eigenvalue weighted by Crippen LogP contribution is -2.19. The zero-order valence-electron chi connectivity index (χ0n) is 9.09. The molecule has 2 heteroatoms. The zero-order chi connectivity index (χ0) is 10.4. The topological polar surface area (TPSA) is 38.0 Å². The summed E-state index contributed by atoms with van der Waals surface area (Å²) >= 11 is 0. The monoisotopic (exact) mass is 192 g/mol. The maximum absolute atomic E-state index is 5.58. The molecule has 14 heavy (non-hydrogen) atoms. The van der Waals surface area contributed by atoms with E-state index in [1.807, 2.05) is 0 Å². The molecular weight excluding hydrogens is 172 g/mol. The predicted molar refractivity (Wildman–Crippen MR) is 60.9 cm³/mol. The van der Waals surface area contributed by atoms with Crippen LogP contribution in [0, 0.1) is 5.92 Å². The van der Waals surface area contributed by atoms with Crippen LogP contribution < -0.4 is 11.1 Å². The van der Waals surface area contributed by atoms with Crippen LogP contribution in [-0.4, -0.2) is 6.54 Å². The average molecular weight is 192 g/mol. The highest BCUT2D eigenvalue weighted by Crippen LogP contribution is 2.04. The third-order valence-electron chi connectivity index (χ3n) is 2.11. The summed E-state index contributed by atoms with van der Waals surface area (Å²) in [5.41, 5.74) is 8.09. The van der Waals surface area contributed by atoms with Gasteiger partial charge >= 0.3 is 0 Å². The minimum absolute atomic E-state index is 0.623. The fraction of sp³-hybridized carbons (Fsp3) is 0.500. The van der Waals surface area contributed by atoms with Gasteiger partial charge in [0.25, 0.3) is 0 Å². The molecule has 2 nitrogen and oxygen atoms in total. The third kappa shape index (κ3) is 3.90. The smallest absolute Gasteiger partial charge is 0.0205 e. The second-order valence-corrected chi connectivity index (χ2v) is 4.05. The number of rotatable bonds is 5. The number of hydrogen-bond donors (Lipinski definition) is 2. The Hall–Kier alpha value is -0.860. The predicted octanol–water partition coefficient (Wildman–Crippen LogP) is 1.89. The van der Waals surface area contributed by atoms with E-state index in [1.54, 1.807) is 0 Å². The first-order valence-corrected chi connectivity index (χ1v) is 5.21. The van der Waals surface area contributed by atoms with Crippen molar-refractivity contribution >= 4 is 0 Å². The van der Waals surface area contributed by atoms with Crippen LogP contribution in [0.2, 0.25) is 0 Å². The largest absolute Gasteiger partial charge is 0.326 e. The Balaban J connectivity index is 2.42. The SMILES string of the molecule is CC(C)CNCc1cccc(CN)c1. The molecule has 1 aromatic rings. The minimum atomic E-state index is 0.623. The first-order chi connectivity index (χ1) is 6.72. The fourth-order valence-electron chi connectivity index (χ4n) is 1.37. The minimum Gasteiger partial charge on any atom is -0.326 e. The van der Waals surface area contributed by atoms with Crippen molar-refractivity contribution in [3.63, 3.8) is 0 Å². The maximum atomic E-state index is 5.58. The van der Waals surface area contributed by atoms with Gasteiger partial charge < -0.3 is 11.1 Å². The Labute approximate surface area is 86.5 Å². The Morgan fingerprint density at radius 2 is 2.00 bits per heavy atom. The van der Waals surface area contributed by atoms with Gasteiger partial charge in [0.05, 0.1) is 0 Å². The molecular formula is C12H20N2. The number of nitrogens with one attached hydrogen (secondary N) is 1. The molecule has 0 aliphatic heterocycles. The molecule has 0 saturated carbocycles. The lowest BCUT2D eigenvalue weighted by molar-refractivity contribution is 0.552. The summed E-state index contributed by atoms with van der Waals surface area (Å²) in [6.07, 6.45) is 0. The van der Waals surface area contributed by atoms with E-state index in [-0.39, 0.29) is 0 Å².